The van der Waals surface area contributed by atoms with Crippen molar-refractivity contribution in [3.63, 3.8) is 0 Å². The number of aliphatic hydroxyl groups excluding tert-OH is 1. The Morgan fingerprint density at radius 1 is 1.62 bits per heavy atom. The third-order valence-electron chi connectivity index (χ3n) is 0.326. The van der Waals surface area contributed by atoms with Gasteiger partial charge in [0.25, 0.3) is 0 Å². The molecule has 0 aliphatic heterocycles. The minimum atomic E-state index is -0.787. The van der Waals surface area contributed by atoms with Gasteiger partial charge in [-0.1, -0.05) is 0 Å². The SMILES string of the molecule is CO.O=C(O)CCS. The van der Waals surface area contributed by atoms with Crippen molar-refractivity contribution in [1.82, 2.24) is 0 Å². The summed E-state index contributed by atoms with van der Waals surface area (Å²) in [7, 11) is 1.00. The molecule has 3 nitrogen and oxygen atoms in total. The Morgan fingerprint density at radius 3 is 2.00 bits per heavy atom. The fourth-order valence-corrected chi connectivity index (χ4v) is 0.287. The maximum absolute atomic E-state index is 9.55. The molecule has 0 unspecified atom stereocenters. The first kappa shape index (κ1) is 10.7. The van der Waals surface area contributed by atoms with E-state index in [0.29, 0.717) is 5.75 Å². The lowest BCUT2D eigenvalue weighted by Gasteiger charge is -1.79. The van der Waals surface area contributed by atoms with Crippen LogP contribution in [0.5, 0.6) is 0 Å². The summed E-state index contributed by atoms with van der Waals surface area (Å²) in [6, 6.07) is 0. The number of aliphatic hydroxyl groups is 1. The molecule has 50 valence electrons. The van der Waals surface area contributed by atoms with Crippen LogP contribution in [-0.2, 0) is 4.79 Å². The highest BCUT2D eigenvalue weighted by atomic mass is 32.1. The van der Waals surface area contributed by atoms with E-state index in [2.05, 4.69) is 12.6 Å². The number of aliphatic carboxylic acids is 1. The highest BCUT2D eigenvalue weighted by Gasteiger charge is 1.88. The predicted molar refractivity (Wildman–Crippen MR) is 34.2 cm³/mol. The molecule has 4 heteroatoms. The molecule has 0 aromatic rings. The van der Waals surface area contributed by atoms with E-state index < -0.39 is 5.97 Å². The largest absolute Gasteiger partial charge is 0.481 e. The Labute approximate surface area is 53.7 Å². The van der Waals surface area contributed by atoms with Crippen molar-refractivity contribution in [2.24, 2.45) is 0 Å². The van der Waals surface area contributed by atoms with Gasteiger partial charge in [0.15, 0.2) is 0 Å². The van der Waals surface area contributed by atoms with Crippen LogP contribution < -0.4 is 0 Å². The Balaban J connectivity index is 0. The van der Waals surface area contributed by atoms with E-state index in [1.165, 1.54) is 0 Å². The van der Waals surface area contributed by atoms with E-state index in [1.807, 2.05) is 0 Å². The molecule has 0 aromatic carbocycles. The maximum Gasteiger partial charge on any atom is 0.304 e. The van der Waals surface area contributed by atoms with Gasteiger partial charge in [-0.25, -0.2) is 0 Å². The maximum atomic E-state index is 9.55. The van der Waals surface area contributed by atoms with Crippen LogP contribution >= 0.6 is 12.6 Å². The predicted octanol–water partition coefficient (Wildman–Crippen LogP) is -0.000600. The number of thiol groups is 1. The first-order valence-electron chi connectivity index (χ1n) is 2.04. The summed E-state index contributed by atoms with van der Waals surface area (Å²) in [6.07, 6.45) is 0.156. The molecule has 0 aliphatic rings. The fraction of sp³-hybridized carbons (Fsp3) is 0.750. The highest BCUT2D eigenvalue weighted by molar-refractivity contribution is 7.80. The summed E-state index contributed by atoms with van der Waals surface area (Å²) in [6.45, 7) is 0. The number of carboxylic acids is 1. The van der Waals surface area contributed by atoms with Gasteiger partial charge in [0.05, 0.1) is 6.42 Å². The van der Waals surface area contributed by atoms with E-state index in [0.717, 1.165) is 7.11 Å². The standard InChI is InChI=1S/C3H6O2S.CH4O/c4-3(5)1-2-6;1-2/h6H,1-2H2,(H,4,5);2H,1H3. The van der Waals surface area contributed by atoms with Crippen LogP contribution in [0.15, 0.2) is 0 Å². The zero-order valence-corrected chi connectivity index (χ0v) is 5.56. The second kappa shape index (κ2) is 9.91. The summed E-state index contributed by atoms with van der Waals surface area (Å²) < 4.78 is 0. The smallest absolute Gasteiger partial charge is 0.304 e. The van der Waals surface area contributed by atoms with Crippen molar-refractivity contribution < 1.29 is 15.0 Å². The molecule has 0 saturated carbocycles. The van der Waals surface area contributed by atoms with Crippen LogP contribution in [0.2, 0.25) is 0 Å². The molecule has 2 N–H and O–H groups in total. The molecule has 0 spiro atoms. The molecule has 0 amide bonds. The average Bonchev–Trinajstić information content (AvgIpc) is 1.72. The summed E-state index contributed by atoms with van der Waals surface area (Å²) in [5.41, 5.74) is 0. The molecule has 0 aliphatic carbocycles. The van der Waals surface area contributed by atoms with E-state index in [-0.39, 0.29) is 6.42 Å². The third kappa shape index (κ3) is 17.1. The minimum Gasteiger partial charge on any atom is -0.481 e. The van der Waals surface area contributed by atoms with Gasteiger partial charge in [-0.2, -0.15) is 12.6 Å². The van der Waals surface area contributed by atoms with E-state index >= 15 is 0 Å². The molecular formula is C4H10O3S. The van der Waals surface area contributed by atoms with Gasteiger partial charge in [-0.05, 0) is 0 Å². The van der Waals surface area contributed by atoms with Crippen molar-refractivity contribution in [1.29, 1.82) is 0 Å². The Hall–Kier alpha value is -0.220. The average molecular weight is 138 g/mol. The molecule has 0 heterocycles. The number of rotatable bonds is 2. The van der Waals surface area contributed by atoms with Crippen LogP contribution in [0.4, 0.5) is 0 Å². The van der Waals surface area contributed by atoms with Gasteiger partial charge in [-0.3, -0.25) is 4.79 Å². The fourth-order valence-electron chi connectivity index (χ4n) is 0.0956. The van der Waals surface area contributed by atoms with Crippen molar-refractivity contribution >= 4 is 18.6 Å². The minimum absolute atomic E-state index is 0.156. The topological polar surface area (TPSA) is 57.5 Å². The number of carbonyl (C=O) groups is 1. The van der Waals surface area contributed by atoms with Crippen LogP contribution in [0.1, 0.15) is 6.42 Å². The Kier molecular flexibility index (Phi) is 13.3. The van der Waals surface area contributed by atoms with E-state index in [9.17, 15) is 4.79 Å². The van der Waals surface area contributed by atoms with Gasteiger partial charge in [0, 0.05) is 12.9 Å². The molecule has 8 heavy (non-hydrogen) atoms. The second-order valence-electron chi connectivity index (χ2n) is 0.867. The first-order chi connectivity index (χ1) is 3.77. The molecule has 0 atom stereocenters. The summed E-state index contributed by atoms with van der Waals surface area (Å²) in [5.74, 6) is -0.361. The monoisotopic (exact) mass is 138 g/mol. The van der Waals surface area contributed by atoms with Crippen LogP contribution in [0, 0.1) is 0 Å². The van der Waals surface area contributed by atoms with Gasteiger partial charge in [-0.15, -0.1) is 0 Å². The summed E-state index contributed by atoms with van der Waals surface area (Å²) >= 11 is 3.68. The number of carboxylic acid groups (broad SMARTS) is 1. The van der Waals surface area contributed by atoms with Crippen LogP contribution in [0.25, 0.3) is 0 Å². The zero-order chi connectivity index (χ0) is 6.99. The molecular weight excluding hydrogens is 128 g/mol. The normalized spacial score (nSPS) is 6.88. The van der Waals surface area contributed by atoms with Crippen molar-refractivity contribution in [3.05, 3.63) is 0 Å². The first-order valence-corrected chi connectivity index (χ1v) is 2.68. The van der Waals surface area contributed by atoms with Crippen LogP contribution in [-0.4, -0.2) is 29.0 Å². The zero-order valence-electron chi connectivity index (χ0n) is 4.66. The van der Waals surface area contributed by atoms with Gasteiger partial charge in [0.1, 0.15) is 0 Å². The highest BCUT2D eigenvalue weighted by Crippen LogP contribution is 1.79. The van der Waals surface area contributed by atoms with Crippen molar-refractivity contribution in [2.45, 2.75) is 6.42 Å². The lowest BCUT2D eigenvalue weighted by molar-refractivity contribution is -0.136. The molecule has 0 rings (SSSR count). The number of hydrogen-bond donors (Lipinski definition) is 3. The summed E-state index contributed by atoms with van der Waals surface area (Å²) in [4.78, 5) is 9.55. The molecule has 0 aromatic heterocycles. The van der Waals surface area contributed by atoms with Gasteiger partial charge in [0.2, 0.25) is 0 Å². The summed E-state index contributed by atoms with van der Waals surface area (Å²) in [5, 5.41) is 14.9. The molecule has 0 bridgehead atoms. The van der Waals surface area contributed by atoms with Crippen LogP contribution in [0.3, 0.4) is 0 Å². The van der Waals surface area contributed by atoms with E-state index in [4.69, 9.17) is 10.2 Å². The van der Waals surface area contributed by atoms with E-state index in [1.54, 1.807) is 0 Å². The molecule has 0 fully saturated rings. The van der Waals surface area contributed by atoms with Gasteiger partial charge < -0.3 is 10.2 Å². The molecule has 0 saturated heterocycles. The third-order valence-corrected chi connectivity index (χ3v) is 0.549. The lowest BCUT2D eigenvalue weighted by atomic mass is 10.5. The van der Waals surface area contributed by atoms with Crippen molar-refractivity contribution in [3.8, 4) is 0 Å². The quantitative estimate of drug-likeness (QED) is 0.471. The lowest BCUT2D eigenvalue weighted by Crippen LogP contribution is -1.93. The molecule has 0 radical (unpaired) electrons. The Morgan fingerprint density at radius 2 is 2.00 bits per heavy atom. The number of hydrogen-bond acceptors (Lipinski definition) is 3. The second-order valence-corrected chi connectivity index (χ2v) is 1.31. The van der Waals surface area contributed by atoms with Crippen molar-refractivity contribution in [2.75, 3.05) is 12.9 Å². The Bertz CT molecular complexity index is 55.2. The van der Waals surface area contributed by atoms with Gasteiger partial charge >= 0.3 is 5.97 Å².